The van der Waals surface area contributed by atoms with E-state index in [9.17, 15) is 14.4 Å². The maximum Gasteiger partial charge on any atom is 0.344 e. The number of urea groups is 1. The van der Waals surface area contributed by atoms with Crippen molar-refractivity contribution in [3.8, 4) is 0 Å². The van der Waals surface area contributed by atoms with Gasteiger partial charge < -0.3 is 5.32 Å². The Kier molecular flexibility index (Phi) is 5.78. The number of hydrazine groups is 1. The number of likely N-dealkylation sites (N-methyl/N-ethyl adjacent to an activating group) is 1. The highest BCUT2D eigenvalue weighted by Gasteiger charge is 2.52. The number of hydrogen-bond acceptors (Lipinski definition) is 4. The van der Waals surface area contributed by atoms with Crippen LogP contribution in [-0.4, -0.2) is 41.3 Å². The van der Waals surface area contributed by atoms with Crippen LogP contribution in [0.2, 0.25) is 0 Å². The van der Waals surface area contributed by atoms with Crippen LogP contribution in [0, 0.1) is 0 Å². The van der Waals surface area contributed by atoms with Crippen LogP contribution in [0.4, 0.5) is 4.79 Å². The van der Waals surface area contributed by atoms with Crippen LogP contribution in [-0.2, 0) is 21.5 Å². The molecule has 7 nitrogen and oxygen atoms in total. The van der Waals surface area contributed by atoms with Crippen LogP contribution in [0.15, 0.2) is 54.6 Å². The molecule has 2 aromatic rings. The number of nitrogens with zero attached hydrogens (tertiary/aromatic N) is 2. The number of carbonyl (C=O) groups is 3. The van der Waals surface area contributed by atoms with Crippen molar-refractivity contribution >= 4 is 17.8 Å². The Morgan fingerprint density at radius 3 is 2.61 bits per heavy atom. The molecular formula is C24H28N4O3. The minimum Gasteiger partial charge on any atom is -0.318 e. The lowest BCUT2D eigenvalue weighted by atomic mass is 9.87. The topological polar surface area (TPSA) is 81.8 Å². The maximum absolute atomic E-state index is 13.2. The molecule has 0 radical (unpaired) electrons. The molecule has 1 aliphatic heterocycles. The zero-order chi connectivity index (χ0) is 22.0. The SMILES string of the molecule is CC[C@@]1(c2ccccc2)NC(=O)N(NC(=O)CN(C)[C@@H]2CCCc3ccccc32)C1=O. The van der Waals surface area contributed by atoms with E-state index < -0.39 is 23.4 Å². The largest absolute Gasteiger partial charge is 0.344 e. The number of fused-ring (bicyclic) bond motifs is 1. The molecule has 7 heteroatoms. The highest BCUT2D eigenvalue weighted by molar-refractivity contribution is 6.08. The van der Waals surface area contributed by atoms with Crippen LogP contribution >= 0.6 is 0 Å². The summed E-state index contributed by atoms with van der Waals surface area (Å²) in [5.41, 5.74) is 4.61. The highest BCUT2D eigenvalue weighted by Crippen LogP contribution is 2.34. The van der Waals surface area contributed by atoms with E-state index in [1.165, 1.54) is 11.1 Å². The maximum atomic E-state index is 13.2. The zero-order valence-electron chi connectivity index (χ0n) is 17.9. The summed E-state index contributed by atoms with van der Waals surface area (Å²) in [6, 6.07) is 16.9. The van der Waals surface area contributed by atoms with Gasteiger partial charge in [0.15, 0.2) is 0 Å². The number of aryl methyl sites for hydroxylation is 1. The summed E-state index contributed by atoms with van der Waals surface area (Å²) in [4.78, 5) is 40.5. The van der Waals surface area contributed by atoms with Gasteiger partial charge in [-0.15, -0.1) is 0 Å². The van der Waals surface area contributed by atoms with Crippen molar-refractivity contribution < 1.29 is 14.4 Å². The lowest BCUT2D eigenvalue weighted by Crippen LogP contribution is -2.51. The van der Waals surface area contributed by atoms with Crippen molar-refractivity contribution in [3.05, 3.63) is 71.3 Å². The number of imide groups is 1. The van der Waals surface area contributed by atoms with Gasteiger partial charge in [-0.2, -0.15) is 5.01 Å². The van der Waals surface area contributed by atoms with E-state index in [0.29, 0.717) is 12.0 Å². The fourth-order valence-corrected chi connectivity index (χ4v) is 4.72. The molecule has 0 spiro atoms. The second-order valence-corrected chi connectivity index (χ2v) is 8.25. The molecule has 1 aliphatic carbocycles. The first-order valence-electron chi connectivity index (χ1n) is 10.8. The number of hydrogen-bond donors (Lipinski definition) is 2. The van der Waals surface area contributed by atoms with Crippen molar-refractivity contribution in [3.63, 3.8) is 0 Å². The van der Waals surface area contributed by atoms with Crippen LogP contribution in [0.5, 0.6) is 0 Å². The molecule has 2 N–H and O–H groups in total. The first-order chi connectivity index (χ1) is 15.0. The van der Waals surface area contributed by atoms with Gasteiger partial charge in [-0.3, -0.25) is 19.9 Å². The fraction of sp³-hybridized carbons (Fsp3) is 0.375. The smallest absolute Gasteiger partial charge is 0.318 e. The summed E-state index contributed by atoms with van der Waals surface area (Å²) in [6.07, 6.45) is 3.47. The molecule has 2 atom stereocenters. The molecule has 0 unspecified atom stereocenters. The Morgan fingerprint density at radius 1 is 1.16 bits per heavy atom. The predicted octanol–water partition coefficient (Wildman–Crippen LogP) is 2.88. The van der Waals surface area contributed by atoms with Crippen molar-refractivity contribution in [2.45, 2.75) is 44.2 Å². The molecule has 4 amide bonds. The normalized spacial score (nSPS) is 22.9. The summed E-state index contributed by atoms with van der Waals surface area (Å²) in [5.74, 6) is -0.862. The zero-order valence-corrected chi connectivity index (χ0v) is 17.9. The van der Waals surface area contributed by atoms with Gasteiger partial charge in [0.25, 0.3) is 11.8 Å². The monoisotopic (exact) mass is 420 g/mol. The standard InChI is InChI=1S/C24H28N4O3/c1-3-24(18-12-5-4-6-13-18)22(30)28(23(31)25-24)26-21(29)16-27(2)20-15-9-11-17-10-7-8-14-19(17)20/h4-8,10,12-14,20H,3,9,11,15-16H2,1-2H3,(H,25,31)(H,26,29)/t20-,24+/m1/s1. The molecule has 0 saturated carbocycles. The Hall–Kier alpha value is -3.19. The van der Waals surface area contributed by atoms with Crippen LogP contribution in [0.25, 0.3) is 0 Å². The number of rotatable bonds is 6. The first-order valence-corrected chi connectivity index (χ1v) is 10.8. The summed E-state index contributed by atoms with van der Waals surface area (Å²) < 4.78 is 0. The Morgan fingerprint density at radius 2 is 1.87 bits per heavy atom. The van der Waals surface area contributed by atoms with E-state index in [1.54, 1.807) is 12.1 Å². The summed E-state index contributed by atoms with van der Waals surface area (Å²) in [7, 11) is 1.90. The lowest BCUT2D eigenvalue weighted by Gasteiger charge is -2.33. The molecule has 1 heterocycles. The van der Waals surface area contributed by atoms with E-state index in [1.807, 2.05) is 49.2 Å². The van der Waals surface area contributed by atoms with Gasteiger partial charge in [0, 0.05) is 6.04 Å². The van der Waals surface area contributed by atoms with Crippen molar-refractivity contribution in [2.75, 3.05) is 13.6 Å². The highest BCUT2D eigenvalue weighted by atomic mass is 16.2. The molecule has 4 rings (SSSR count). The molecular weight excluding hydrogens is 392 g/mol. The Bertz CT molecular complexity index is 993. The molecule has 1 saturated heterocycles. The minimum absolute atomic E-state index is 0.0839. The molecule has 2 aromatic carbocycles. The van der Waals surface area contributed by atoms with Crippen molar-refractivity contribution in [1.82, 2.24) is 20.7 Å². The van der Waals surface area contributed by atoms with Gasteiger partial charge in [-0.25, -0.2) is 4.79 Å². The summed E-state index contributed by atoms with van der Waals surface area (Å²) >= 11 is 0. The minimum atomic E-state index is -1.17. The fourth-order valence-electron chi connectivity index (χ4n) is 4.72. The third-order valence-electron chi connectivity index (χ3n) is 6.39. The average molecular weight is 421 g/mol. The van der Waals surface area contributed by atoms with E-state index >= 15 is 0 Å². The molecule has 2 aliphatic rings. The van der Waals surface area contributed by atoms with Gasteiger partial charge in [0.1, 0.15) is 5.54 Å². The van der Waals surface area contributed by atoms with E-state index in [-0.39, 0.29) is 12.6 Å². The van der Waals surface area contributed by atoms with Gasteiger partial charge >= 0.3 is 6.03 Å². The molecule has 0 aromatic heterocycles. The number of nitrogens with one attached hydrogen (secondary N) is 2. The lowest BCUT2D eigenvalue weighted by molar-refractivity contribution is -0.140. The molecule has 1 fully saturated rings. The Balaban J connectivity index is 1.46. The van der Waals surface area contributed by atoms with E-state index in [4.69, 9.17) is 0 Å². The average Bonchev–Trinajstić information content (AvgIpc) is 3.04. The van der Waals surface area contributed by atoms with E-state index in [2.05, 4.69) is 22.9 Å². The number of carbonyl (C=O) groups excluding carboxylic acids is 3. The number of benzene rings is 2. The van der Waals surface area contributed by atoms with Crippen molar-refractivity contribution in [2.24, 2.45) is 0 Å². The number of amides is 4. The molecule has 31 heavy (non-hydrogen) atoms. The Labute approximate surface area is 182 Å². The molecule has 0 bridgehead atoms. The second kappa shape index (κ2) is 8.51. The summed E-state index contributed by atoms with van der Waals surface area (Å²) in [6.45, 7) is 1.92. The van der Waals surface area contributed by atoms with Gasteiger partial charge in [-0.1, -0.05) is 61.5 Å². The quantitative estimate of drug-likeness (QED) is 0.704. The third kappa shape index (κ3) is 3.81. The first kappa shape index (κ1) is 21.1. The third-order valence-corrected chi connectivity index (χ3v) is 6.39. The summed E-state index contributed by atoms with van der Waals surface area (Å²) in [5, 5.41) is 3.60. The van der Waals surface area contributed by atoms with Crippen molar-refractivity contribution in [1.29, 1.82) is 0 Å². The van der Waals surface area contributed by atoms with Crippen LogP contribution in [0.1, 0.15) is 48.9 Å². The predicted molar refractivity (Wildman–Crippen MR) is 117 cm³/mol. The van der Waals surface area contributed by atoms with Gasteiger partial charge in [0.2, 0.25) is 0 Å². The van der Waals surface area contributed by atoms with Gasteiger partial charge in [-0.05, 0) is 49.4 Å². The molecule has 162 valence electrons. The van der Waals surface area contributed by atoms with E-state index in [0.717, 1.165) is 24.3 Å². The second-order valence-electron chi connectivity index (χ2n) is 8.25. The van der Waals surface area contributed by atoms with Gasteiger partial charge in [0.05, 0.1) is 6.54 Å². The van der Waals surface area contributed by atoms with Crippen LogP contribution in [0.3, 0.4) is 0 Å². The van der Waals surface area contributed by atoms with Crippen LogP contribution < -0.4 is 10.7 Å².